The maximum atomic E-state index is 13.2. The SMILES string of the molecule is CN1CCCC1c1cccnc1N(C(=O)OC(C)(C)C)C1CCCCC1. The van der Waals surface area contributed by atoms with E-state index in [1.807, 2.05) is 31.7 Å². The number of hydrogen-bond donors (Lipinski definition) is 0. The van der Waals surface area contributed by atoms with Crippen molar-refractivity contribution >= 4 is 11.9 Å². The van der Waals surface area contributed by atoms with E-state index in [4.69, 9.17) is 4.74 Å². The lowest BCUT2D eigenvalue weighted by atomic mass is 9.93. The highest BCUT2D eigenvalue weighted by molar-refractivity contribution is 5.88. The zero-order chi connectivity index (χ0) is 18.7. The third-order valence-electron chi connectivity index (χ3n) is 5.45. The highest BCUT2D eigenvalue weighted by Gasteiger charge is 2.35. The molecule has 0 N–H and O–H groups in total. The number of pyridine rings is 1. The van der Waals surface area contributed by atoms with E-state index >= 15 is 0 Å². The topological polar surface area (TPSA) is 45.7 Å². The van der Waals surface area contributed by atoms with Crippen LogP contribution in [0, 0.1) is 0 Å². The Hall–Kier alpha value is -1.62. The van der Waals surface area contributed by atoms with E-state index in [0.29, 0.717) is 6.04 Å². The zero-order valence-corrected chi connectivity index (χ0v) is 16.7. The van der Waals surface area contributed by atoms with Crippen LogP contribution in [0.15, 0.2) is 18.3 Å². The van der Waals surface area contributed by atoms with Crippen LogP contribution in [0.3, 0.4) is 0 Å². The standard InChI is InChI=1S/C21H33N3O2/c1-21(2,3)26-20(25)24(16-10-6-5-7-11-16)19-17(12-8-14-22-19)18-13-9-15-23(18)4/h8,12,14,16,18H,5-7,9-11,13,15H2,1-4H3. The molecule has 0 radical (unpaired) electrons. The minimum Gasteiger partial charge on any atom is -0.443 e. The molecule has 3 rings (SSSR count). The van der Waals surface area contributed by atoms with E-state index in [2.05, 4.69) is 23.0 Å². The fraction of sp³-hybridized carbons (Fsp3) is 0.714. The smallest absolute Gasteiger partial charge is 0.416 e. The number of hydrogen-bond acceptors (Lipinski definition) is 4. The molecule has 1 aromatic rings. The van der Waals surface area contributed by atoms with Crippen molar-refractivity contribution in [1.82, 2.24) is 9.88 Å². The zero-order valence-electron chi connectivity index (χ0n) is 16.7. The van der Waals surface area contributed by atoms with Crippen molar-refractivity contribution in [2.75, 3.05) is 18.5 Å². The van der Waals surface area contributed by atoms with Gasteiger partial charge in [0.2, 0.25) is 0 Å². The average molecular weight is 360 g/mol. The summed E-state index contributed by atoms with van der Waals surface area (Å²) in [5.74, 6) is 0.799. The summed E-state index contributed by atoms with van der Waals surface area (Å²) in [7, 11) is 2.16. The Kier molecular flexibility index (Phi) is 5.86. The van der Waals surface area contributed by atoms with E-state index < -0.39 is 5.60 Å². The van der Waals surface area contributed by atoms with E-state index in [9.17, 15) is 4.79 Å². The molecule has 5 nitrogen and oxygen atoms in total. The molecule has 1 saturated carbocycles. The number of amides is 1. The summed E-state index contributed by atoms with van der Waals surface area (Å²) in [6.07, 6.45) is 9.46. The van der Waals surface area contributed by atoms with Crippen LogP contribution in [0.25, 0.3) is 0 Å². The predicted molar refractivity (Wildman–Crippen MR) is 104 cm³/mol. The van der Waals surface area contributed by atoms with Crippen molar-refractivity contribution in [1.29, 1.82) is 0 Å². The van der Waals surface area contributed by atoms with Crippen LogP contribution in [-0.2, 0) is 4.74 Å². The van der Waals surface area contributed by atoms with Gasteiger partial charge in [-0.1, -0.05) is 25.3 Å². The number of carbonyl (C=O) groups excluding carboxylic acids is 1. The minimum absolute atomic E-state index is 0.180. The van der Waals surface area contributed by atoms with Crippen LogP contribution in [-0.4, -0.2) is 41.2 Å². The lowest BCUT2D eigenvalue weighted by Gasteiger charge is -2.36. The molecule has 0 aromatic carbocycles. The highest BCUT2D eigenvalue weighted by Crippen LogP contribution is 2.37. The summed E-state index contributed by atoms with van der Waals surface area (Å²) < 4.78 is 5.79. The van der Waals surface area contributed by atoms with E-state index in [0.717, 1.165) is 50.0 Å². The summed E-state index contributed by atoms with van der Waals surface area (Å²) in [4.78, 5) is 22.1. The first kappa shape index (κ1) is 19.2. The number of carbonyl (C=O) groups is 1. The quantitative estimate of drug-likeness (QED) is 0.768. The first-order chi connectivity index (χ1) is 12.4. The fourth-order valence-electron chi connectivity index (χ4n) is 4.23. The molecule has 1 atom stereocenters. The molecule has 2 fully saturated rings. The molecule has 144 valence electrons. The van der Waals surface area contributed by atoms with Crippen molar-refractivity contribution in [2.24, 2.45) is 0 Å². The van der Waals surface area contributed by atoms with Crippen LogP contribution in [0.2, 0.25) is 0 Å². The summed E-state index contributed by atoms with van der Waals surface area (Å²) >= 11 is 0. The Morgan fingerprint density at radius 2 is 1.92 bits per heavy atom. The van der Waals surface area contributed by atoms with Gasteiger partial charge in [0, 0.05) is 23.8 Å². The summed E-state index contributed by atoms with van der Waals surface area (Å²) in [6.45, 7) is 6.87. The second kappa shape index (κ2) is 7.95. The normalized spacial score (nSPS) is 22.4. The van der Waals surface area contributed by atoms with Gasteiger partial charge in [-0.25, -0.2) is 9.78 Å². The molecule has 1 aliphatic carbocycles. The van der Waals surface area contributed by atoms with Crippen LogP contribution in [0.4, 0.5) is 10.6 Å². The predicted octanol–water partition coefficient (Wildman–Crippen LogP) is 4.92. The maximum absolute atomic E-state index is 13.2. The van der Waals surface area contributed by atoms with Crippen LogP contribution >= 0.6 is 0 Å². The van der Waals surface area contributed by atoms with E-state index in [1.165, 1.54) is 12.8 Å². The Morgan fingerprint density at radius 1 is 1.19 bits per heavy atom. The maximum Gasteiger partial charge on any atom is 0.416 e. The average Bonchev–Trinajstić information content (AvgIpc) is 3.01. The number of anilines is 1. The second-order valence-electron chi connectivity index (χ2n) is 8.70. The Morgan fingerprint density at radius 3 is 2.54 bits per heavy atom. The van der Waals surface area contributed by atoms with Crippen LogP contribution in [0.5, 0.6) is 0 Å². The molecule has 1 unspecified atom stereocenters. The summed E-state index contributed by atoms with van der Waals surface area (Å²) in [5.41, 5.74) is 0.646. The largest absolute Gasteiger partial charge is 0.443 e. The molecular weight excluding hydrogens is 326 g/mol. The first-order valence-corrected chi connectivity index (χ1v) is 10.0. The fourth-order valence-corrected chi connectivity index (χ4v) is 4.23. The molecular formula is C21H33N3O2. The summed E-state index contributed by atoms with van der Waals surface area (Å²) in [5, 5.41) is 0. The molecule has 2 aliphatic rings. The number of likely N-dealkylation sites (tertiary alicyclic amines) is 1. The molecule has 1 amide bonds. The van der Waals surface area contributed by atoms with Crippen LogP contribution in [0.1, 0.15) is 77.3 Å². The Balaban J connectivity index is 1.97. The molecule has 1 aromatic heterocycles. The Bertz CT molecular complexity index is 620. The lowest BCUT2D eigenvalue weighted by Crippen LogP contribution is -2.45. The van der Waals surface area contributed by atoms with Crippen molar-refractivity contribution in [2.45, 2.75) is 83.4 Å². The van der Waals surface area contributed by atoms with Gasteiger partial charge in [-0.3, -0.25) is 9.80 Å². The van der Waals surface area contributed by atoms with Gasteiger partial charge in [0.1, 0.15) is 11.4 Å². The van der Waals surface area contributed by atoms with Crippen molar-refractivity contribution in [3.05, 3.63) is 23.9 Å². The lowest BCUT2D eigenvalue weighted by molar-refractivity contribution is 0.0556. The monoisotopic (exact) mass is 359 g/mol. The number of aromatic nitrogens is 1. The van der Waals surface area contributed by atoms with Gasteiger partial charge in [0.05, 0.1) is 0 Å². The van der Waals surface area contributed by atoms with Gasteiger partial charge < -0.3 is 4.74 Å². The number of ether oxygens (including phenoxy) is 1. The van der Waals surface area contributed by atoms with Gasteiger partial charge >= 0.3 is 6.09 Å². The number of rotatable bonds is 3. The van der Waals surface area contributed by atoms with Gasteiger partial charge in [0.25, 0.3) is 0 Å². The molecule has 1 saturated heterocycles. The van der Waals surface area contributed by atoms with Crippen molar-refractivity contribution in [3.63, 3.8) is 0 Å². The van der Waals surface area contributed by atoms with Gasteiger partial charge in [-0.05, 0) is 66.1 Å². The molecule has 1 aliphatic heterocycles. The van der Waals surface area contributed by atoms with Gasteiger partial charge in [-0.2, -0.15) is 0 Å². The Labute approximate surface area is 157 Å². The number of nitrogens with zero attached hydrogens (tertiary/aromatic N) is 3. The third kappa shape index (κ3) is 4.37. The van der Waals surface area contributed by atoms with Crippen molar-refractivity contribution < 1.29 is 9.53 Å². The molecule has 5 heteroatoms. The molecule has 26 heavy (non-hydrogen) atoms. The van der Waals surface area contributed by atoms with Gasteiger partial charge in [-0.15, -0.1) is 0 Å². The van der Waals surface area contributed by atoms with Crippen LogP contribution < -0.4 is 4.90 Å². The van der Waals surface area contributed by atoms with Crippen molar-refractivity contribution in [3.8, 4) is 0 Å². The van der Waals surface area contributed by atoms with Gasteiger partial charge in [0.15, 0.2) is 0 Å². The molecule has 0 spiro atoms. The third-order valence-corrected chi connectivity index (χ3v) is 5.45. The first-order valence-electron chi connectivity index (χ1n) is 10.0. The molecule has 0 bridgehead atoms. The molecule has 2 heterocycles. The summed E-state index contributed by atoms with van der Waals surface area (Å²) in [6, 6.07) is 4.62. The highest BCUT2D eigenvalue weighted by atomic mass is 16.6. The minimum atomic E-state index is -0.511. The second-order valence-corrected chi connectivity index (χ2v) is 8.70. The van der Waals surface area contributed by atoms with E-state index in [-0.39, 0.29) is 12.1 Å². The van der Waals surface area contributed by atoms with E-state index in [1.54, 1.807) is 6.20 Å².